The van der Waals surface area contributed by atoms with Crippen molar-refractivity contribution in [2.45, 2.75) is 19.4 Å². The smallest absolute Gasteiger partial charge is 0.249 e. The molecule has 1 aliphatic rings. The van der Waals surface area contributed by atoms with E-state index < -0.39 is 6.04 Å². The van der Waals surface area contributed by atoms with Gasteiger partial charge in [-0.25, -0.2) is 4.68 Å². The summed E-state index contributed by atoms with van der Waals surface area (Å²) in [4.78, 5) is 36.4. The number of rotatable bonds is 5. The van der Waals surface area contributed by atoms with E-state index in [0.29, 0.717) is 22.8 Å². The van der Waals surface area contributed by atoms with Gasteiger partial charge in [0.05, 0.1) is 19.2 Å². The van der Waals surface area contributed by atoms with Gasteiger partial charge in [-0.3, -0.25) is 14.4 Å². The number of Topliss-reactive ketones (excluding diaryl/α,β-unsaturated/α-hetero) is 1. The van der Waals surface area contributed by atoms with Crippen molar-refractivity contribution >= 4 is 29.1 Å². The molecule has 1 aromatic heterocycles. The van der Waals surface area contributed by atoms with Crippen LogP contribution in [0.2, 0.25) is 0 Å². The van der Waals surface area contributed by atoms with Gasteiger partial charge >= 0.3 is 0 Å². The van der Waals surface area contributed by atoms with E-state index in [1.807, 2.05) is 24.3 Å². The number of nitrogens with zero attached hydrogens (tertiary/aromatic N) is 2. The van der Waals surface area contributed by atoms with Crippen LogP contribution in [-0.4, -0.2) is 34.5 Å². The standard InChI is InChI=1S/C22H20N4O4/c1-13(27)14-3-7-16(8-4-14)23-22(29)19-12-21(28)24-20-11-18(25-26(19)20)15-5-9-17(30-2)10-6-15/h3-11,19H,12H2,1-2H3,(H,23,29)(H,24,28)/t19-/m1/s1. The van der Waals surface area contributed by atoms with E-state index in [-0.39, 0.29) is 24.0 Å². The molecule has 30 heavy (non-hydrogen) atoms. The molecule has 1 atom stereocenters. The molecule has 2 N–H and O–H groups in total. The summed E-state index contributed by atoms with van der Waals surface area (Å²) in [5, 5.41) is 10.1. The van der Waals surface area contributed by atoms with Crippen LogP contribution in [0.25, 0.3) is 11.3 Å². The number of aromatic nitrogens is 2. The highest BCUT2D eigenvalue weighted by Gasteiger charge is 2.32. The van der Waals surface area contributed by atoms with Gasteiger partial charge in [0.2, 0.25) is 11.8 Å². The van der Waals surface area contributed by atoms with Gasteiger partial charge in [0.15, 0.2) is 5.78 Å². The van der Waals surface area contributed by atoms with Gasteiger partial charge in [-0.1, -0.05) is 0 Å². The first kappa shape index (κ1) is 19.4. The predicted molar refractivity (Wildman–Crippen MR) is 112 cm³/mol. The zero-order valence-corrected chi connectivity index (χ0v) is 16.5. The number of ketones is 1. The van der Waals surface area contributed by atoms with Crippen LogP contribution in [0.4, 0.5) is 11.5 Å². The number of carbonyl (C=O) groups excluding carboxylic acids is 3. The molecule has 0 saturated heterocycles. The Morgan fingerprint density at radius 3 is 2.47 bits per heavy atom. The average Bonchev–Trinajstić information content (AvgIpc) is 3.17. The lowest BCUT2D eigenvalue weighted by Gasteiger charge is -2.23. The molecule has 0 spiro atoms. The van der Waals surface area contributed by atoms with Crippen molar-refractivity contribution in [3.8, 4) is 17.0 Å². The van der Waals surface area contributed by atoms with E-state index in [9.17, 15) is 14.4 Å². The minimum absolute atomic E-state index is 0.0197. The Morgan fingerprint density at radius 2 is 1.83 bits per heavy atom. The second-order valence-electron chi connectivity index (χ2n) is 6.98. The Kier molecular flexibility index (Phi) is 5.05. The van der Waals surface area contributed by atoms with Crippen LogP contribution in [-0.2, 0) is 9.59 Å². The number of carbonyl (C=O) groups is 3. The zero-order chi connectivity index (χ0) is 21.3. The maximum Gasteiger partial charge on any atom is 0.249 e. The van der Waals surface area contributed by atoms with Gasteiger partial charge in [-0.15, -0.1) is 0 Å². The van der Waals surface area contributed by atoms with Crippen molar-refractivity contribution in [3.05, 3.63) is 60.2 Å². The molecule has 152 valence electrons. The van der Waals surface area contributed by atoms with Crippen molar-refractivity contribution in [1.82, 2.24) is 9.78 Å². The molecule has 0 aliphatic carbocycles. The molecule has 2 aromatic carbocycles. The molecular formula is C22H20N4O4. The number of benzene rings is 2. The van der Waals surface area contributed by atoms with Crippen LogP contribution in [0, 0.1) is 0 Å². The Morgan fingerprint density at radius 1 is 1.13 bits per heavy atom. The fraction of sp³-hybridized carbons (Fsp3) is 0.182. The number of anilines is 2. The molecule has 0 bridgehead atoms. The lowest BCUT2D eigenvalue weighted by Crippen LogP contribution is -2.35. The number of fused-ring (bicyclic) bond motifs is 1. The van der Waals surface area contributed by atoms with E-state index in [2.05, 4.69) is 15.7 Å². The minimum Gasteiger partial charge on any atom is -0.497 e. The van der Waals surface area contributed by atoms with Crippen molar-refractivity contribution < 1.29 is 19.1 Å². The molecular weight excluding hydrogens is 384 g/mol. The average molecular weight is 404 g/mol. The molecule has 0 radical (unpaired) electrons. The van der Waals surface area contributed by atoms with Crippen LogP contribution in [0.1, 0.15) is 29.7 Å². The van der Waals surface area contributed by atoms with Gasteiger partial charge in [0, 0.05) is 22.9 Å². The number of hydrogen-bond donors (Lipinski definition) is 2. The second kappa shape index (κ2) is 7.82. The molecule has 3 aromatic rings. The Bertz CT molecular complexity index is 1120. The summed E-state index contributed by atoms with van der Waals surface area (Å²) in [5.41, 5.74) is 2.58. The SMILES string of the molecule is COc1ccc(-c2cc3n(n2)[C@@H](C(=O)Nc2ccc(C(C)=O)cc2)CC(=O)N3)cc1. The van der Waals surface area contributed by atoms with Gasteiger partial charge in [-0.2, -0.15) is 5.10 Å². The largest absolute Gasteiger partial charge is 0.497 e. The number of ether oxygens (including phenoxy) is 1. The first-order chi connectivity index (χ1) is 14.4. The fourth-order valence-corrected chi connectivity index (χ4v) is 3.30. The maximum absolute atomic E-state index is 12.9. The van der Waals surface area contributed by atoms with E-state index in [1.54, 1.807) is 37.4 Å². The summed E-state index contributed by atoms with van der Waals surface area (Å²) in [5.74, 6) is 0.527. The Balaban J connectivity index is 1.59. The summed E-state index contributed by atoms with van der Waals surface area (Å²) >= 11 is 0. The summed E-state index contributed by atoms with van der Waals surface area (Å²) < 4.78 is 6.70. The maximum atomic E-state index is 12.9. The van der Waals surface area contributed by atoms with Crippen molar-refractivity contribution in [2.24, 2.45) is 0 Å². The monoisotopic (exact) mass is 404 g/mol. The normalized spacial score (nSPS) is 15.1. The van der Waals surface area contributed by atoms with Gasteiger partial charge < -0.3 is 15.4 Å². The van der Waals surface area contributed by atoms with E-state index in [0.717, 1.165) is 11.3 Å². The highest BCUT2D eigenvalue weighted by molar-refractivity contribution is 6.02. The highest BCUT2D eigenvalue weighted by Crippen LogP contribution is 2.31. The molecule has 0 unspecified atom stereocenters. The van der Waals surface area contributed by atoms with Crippen LogP contribution in [0.5, 0.6) is 5.75 Å². The van der Waals surface area contributed by atoms with Crippen molar-refractivity contribution in [1.29, 1.82) is 0 Å². The van der Waals surface area contributed by atoms with Crippen molar-refractivity contribution in [3.63, 3.8) is 0 Å². The number of hydrogen-bond acceptors (Lipinski definition) is 5. The first-order valence-electron chi connectivity index (χ1n) is 9.40. The lowest BCUT2D eigenvalue weighted by atomic mass is 10.1. The molecule has 0 saturated carbocycles. The minimum atomic E-state index is -0.784. The number of nitrogens with one attached hydrogen (secondary N) is 2. The molecule has 0 fully saturated rings. The van der Waals surface area contributed by atoms with Crippen LogP contribution in [0.3, 0.4) is 0 Å². The van der Waals surface area contributed by atoms with E-state index >= 15 is 0 Å². The number of amides is 2. The van der Waals surface area contributed by atoms with Crippen LogP contribution in [0.15, 0.2) is 54.6 Å². The highest BCUT2D eigenvalue weighted by atomic mass is 16.5. The van der Waals surface area contributed by atoms with Gasteiger partial charge in [-0.05, 0) is 55.5 Å². The molecule has 1 aliphatic heterocycles. The third-order valence-corrected chi connectivity index (χ3v) is 4.92. The molecule has 8 nitrogen and oxygen atoms in total. The second-order valence-corrected chi connectivity index (χ2v) is 6.98. The summed E-state index contributed by atoms with van der Waals surface area (Å²) in [6.07, 6.45) is -0.0197. The third-order valence-electron chi connectivity index (χ3n) is 4.92. The van der Waals surface area contributed by atoms with E-state index in [1.165, 1.54) is 11.6 Å². The quantitative estimate of drug-likeness (QED) is 0.636. The first-order valence-corrected chi connectivity index (χ1v) is 9.40. The third kappa shape index (κ3) is 3.80. The molecule has 4 rings (SSSR count). The molecule has 2 heterocycles. The predicted octanol–water partition coefficient (Wildman–Crippen LogP) is 3.28. The topological polar surface area (TPSA) is 102 Å². The van der Waals surface area contributed by atoms with Crippen LogP contribution >= 0.6 is 0 Å². The Labute approximate surface area is 172 Å². The molecule has 2 amide bonds. The lowest BCUT2D eigenvalue weighted by molar-refractivity contribution is -0.125. The van der Waals surface area contributed by atoms with Gasteiger partial charge in [0.1, 0.15) is 17.6 Å². The fourth-order valence-electron chi connectivity index (χ4n) is 3.30. The number of methoxy groups -OCH3 is 1. The summed E-state index contributed by atoms with van der Waals surface area (Å²) in [6.45, 7) is 1.48. The van der Waals surface area contributed by atoms with Crippen molar-refractivity contribution in [2.75, 3.05) is 17.7 Å². The zero-order valence-electron chi connectivity index (χ0n) is 16.5. The van der Waals surface area contributed by atoms with Gasteiger partial charge in [0.25, 0.3) is 0 Å². The summed E-state index contributed by atoms with van der Waals surface area (Å²) in [6, 6.07) is 14.9. The molecule has 8 heteroatoms. The van der Waals surface area contributed by atoms with Crippen LogP contribution < -0.4 is 15.4 Å². The van der Waals surface area contributed by atoms with E-state index in [4.69, 9.17) is 4.74 Å². The summed E-state index contributed by atoms with van der Waals surface area (Å²) in [7, 11) is 1.59. The Hall–Kier alpha value is -3.94.